The summed E-state index contributed by atoms with van der Waals surface area (Å²) in [6.07, 6.45) is 6.28. The van der Waals surface area contributed by atoms with E-state index < -0.39 is 23.5 Å². The second-order valence-corrected chi connectivity index (χ2v) is 26.0. The average molecular weight is 1680 g/mol. The molecule has 4 aliphatic rings. The summed E-state index contributed by atoms with van der Waals surface area (Å²) in [5.74, 6) is 1.01. The van der Waals surface area contributed by atoms with Crippen molar-refractivity contribution in [3.8, 4) is 17.2 Å². The Labute approximate surface area is 599 Å². The van der Waals surface area contributed by atoms with Crippen LogP contribution in [0.2, 0.25) is 0 Å². The van der Waals surface area contributed by atoms with Crippen LogP contribution < -0.4 is 14.2 Å². The molecule has 9 aromatic rings. The Morgan fingerprint density at radius 2 is 0.898 bits per heavy atom. The summed E-state index contributed by atoms with van der Waals surface area (Å²) in [6.45, 7) is 13.6. The third kappa shape index (κ3) is 18.1. The van der Waals surface area contributed by atoms with Crippen LogP contribution in [0.4, 0.5) is 4.79 Å². The molecule has 1 saturated heterocycles. The number of likely N-dealkylation sites (tertiary alicyclic amines) is 1. The topological polar surface area (TPSA) is 261 Å². The Morgan fingerprint density at radius 3 is 1.24 bits per heavy atom. The number of hydrogen-bond acceptors (Lipinski definition) is 19. The Hall–Kier alpha value is -7.99. The first kappa shape index (κ1) is 77.4. The van der Waals surface area contributed by atoms with Crippen LogP contribution in [0.15, 0.2) is 105 Å². The largest absolute Gasteiger partial charge is 0.494 e. The Balaban J connectivity index is 0.000000205. The first-order chi connectivity index (χ1) is 45.2. The summed E-state index contributed by atoms with van der Waals surface area (Å²) in [4.78, 5) is 101. The summed E-state index contributed by atoms with van der Waals surface area (Å²) in [5.41, 5.74) is 3.25. The minimum atomic E-state index is -0.547. The second-order valence-electron chi connectivity index (χ2n) is 26.0. The van der Waals surface area contributed by atoms with E-state index in [1.165, 1.54) is 4.90 Å². The van der Waals surface area contributed by atoms with Crippen LogP contribution in [-0.2, 0) is 80.4 Å². The van der Waals surface area contributed by atoms with E-state index in [9.17, 15) is 38.4 Å². The molecule has 21 nitrogen and oxygen atoms in total. The predicted molar refractivity (Wildman–Crippen MR) is 365 cm³/mol. The molecule has 3 aliphatic carbocycles. The minimum Gasteiger partial charge on any atom is -0.494 e. The third-order valence-electron chi connectivity index (χ3n) is 18.2. The fourth-order valence-corrected chi connectivity index (χ4v) is 13.0. The number of rotatable bonds is 16. The number of fused-ring (bicyclic) bond motifs is 9. The fourth-order valence-electron chi connectivity index (χ4n) is 13.0. The fraction of sp³-hybridized carbons (Fsp3) is 0.427. The smallest absolute Gasteiger partial charge is 0.410 e. The third-order valence-corrected chi connectivity index (χ3v) is 18.2. The van der Waals surface area contributed by atoms with Gasteiger partial charge in [0, 0.05) is 101 Å². The van der Waals surface area contributed by atoms with Crippen molar-refractivity contribution in [3.05, 3.63) is 123 Å². The zero-order chi connectivity index (χ0) is 66.4. The van der Waals surface area contributed by atoms with Crippen LogP contribution in [0.5, 0.6) is 17.2 Å². The molecule has 4 heterocycles. The van der Waals surface area contributed by atoms with Crippen LogP contribution in [0.25, 0.3) is 65.2 Å². The van der Waals surface area contributed by atoms with Gasteiger partial charge in [-0.1, -0.05) is 47.0 Å². The molecular formula is C75H86N6O15W2-2. The summed E-state index contributed by atoms with van der Waals surface area (Å²) >= 11 is 0. The van der Waals surface area contributed by atoms with Crippen molar-refractivity contribution in [2.24, 2.45) is 0 Å². The van der Waals surface area contributed by atoms with Crippen LogP contribution in [0.1, 0.15) is 153 Å². The van der Waals surface area contributed by atoms with Gasteiger partial charge < -0.3 is 57.2 Å². The number of ketones is 6. The molecule has 0 bridgehead atoms. The number of likely N-dealkylation sites (N-methyl/N-ethyl adjacent to an activating group) is 2. The van der Waals surface area contributed by atoms with Gasteiger partial charge in [0.25, 0.3) is 0 Å². The number of piperidine rings is 1. The quantitative estimate of drug-likeness (QED) is 0.0494. The number of amides is 2. The minimum absolute atomic E-state index is 0. The molecule has 98 heavy (non-hydrogen) atoms. The molecule has 3 unspecified atom stereocenters. The molecule has 1 aliphatic heterocycles. The van der Waals surface area contributed by atoms with Gasteiger partial charge in [0.05, 0.1) is 66.3 Å². The van der Waals surface area contributed by atoms with Crippen LogP contribution >= 0.6 is 0 Å². The molecule has 0 radical (unpaired) electrons. The average Bonchev–Trinajstić information content (AvgIpc) is 1.57. The van der Waals surface area contributed by atoms with E-state index in [4.69, 9.17) is 32.5 Å². The van der Waals surface area contributed by atoms with E-state index in [1.807, 2.05) is 117 Å². The summed E-state index contributed by atoms with van der Waals surface area (Å²) in [7, 11) is 3.78. The molecule has 0 N–H and O–H groups in total. The summed E-state index contributed by atoms with van der Waals surface area (Å²) < 4.78 is 39.6. The summed E-state index contributed by atoms with van der Waals surface area (Å²) in [6, 6.07) is 29.5. The van der Waals surface area contributed by atoms with E-state index in [0.29, 0.717) is 111 Å². The number of aromatic nitrogens is 3. The molecular weight excluding hydrogens is 1590 g/mol. The van der Waals surface area contributed by atoms with Crippen molar-refractivity contribution in [2.45, 2.75) is 147 Å². The first-order valence-electron chi connectivity index (χ1n) is 32.6. The summed E-state index contributed by atoms with van der Waals surface area (Å²) in [5, 5.41) is 20.9. The number of hydrogen-bond donors (Lipinski definition) is 0. The van der Waals surface area contributed by atoms with Gasteiger partial charge in [-0.25, -0.2) is 4.79 Å². The van der Waals surface area contributed by atoms with Crippen molar-refractivity contribution >= 4 is 112 Å². The molecule has 3 aromatic heterocycles. The van der Waals surface area contributed by atoms with E-state index >= 15 is 0 Å². The number of ether oxygens (including phenoxy) is 4. The zero-order valence-electron chi connectivity index (χ0n) is 57.2. The van der Waals surface area contributed by atoms with Crippen molar-refractivity contribution in [2.75, 3.05) is 60.1 Å². The van der Waals surface area contributed by atoms with Gasteiger partial charge >= 0.3 is 6.09 Å². The maximum Gasteiger partial charge on any atom is 0.410 e. The molecule has 13 rings (SSSR count). The number of nitrogens with zero attached hydrogens (tertiary/aromatic N) is 6. The van der Waals surface area contributed by atoms with Crippen LogP contribution in [0, 0.1) is 14.9 Å². The van der Waals surface area contributed by atoms with E-state index in [-0.39, 0.29) is 123 Å². The van der Waals surface area contributed by atoms with Gasteiger partial charge in [-0.2, -0.15) is 0 Å². The van der Waals surface area contributed by atoms with Crippen LogP contribution in [0.3, 0.4) is 0 Å². The molecule has 6 aromatic carbocycles. The molecule has 3 atom stereocenters. The molecule has 23 heteroatoms. The second kappa shape index (κ2) is 34.2. The molecule has 3 saturated carbocycles. The number of unbranched alkanes of at least 4 members (excludes halogenated alkanes) is 1. The number of benzene rings is 6. The number of carbonyl (C=O) groups is 8. The Morgan fingerprint density at radius 1 is 0.531 bits per heavy atom. The van der Waals surface area contributed by atoms with Crippen molar-refractivity contribution in [1.29, 1.82) is 0 Å². The van der Waals surface area contributed by atoms with E-state index in [0.717, 1.165) is 105 Å². The van der Waals surface area contributed by atoms with Crippen molar-refractivity contribution in [3.63, 3.8) is 0 Å². The molecule has 4 fully saturated rings. The Kier molecular flexibility index (Phi) is 27.0. The van der Waals surface area contributed by atoms with Gasteiger partial charge in [-0.3, -0.25) is 38.5 Å². The normalized spacial score (nSPS) is 17.5. The van der Waals surface area contributed by atoms with E-state index in [2.05, 4.69) is 34.3 Å². The zero-order valence-corrected chi connectivity index (χ0v) is 63.1. The molecule has 520 valence electrons. The van der Waals surface area contributed by atoms with Gasteiger partial charge in [-0.05, 0) is 171 Å². The number of Topliss-reactive ketones (excluding diaryl/α,β-unsaturated/α-hetero) is 6. The van der Waals surface area contributed by atoms with Crippen molar-refractivity contribution in [1.82, 2.24) is 30.2 Å². The monoisotopic (exact) mass is 1680 g/mol. The van der Waals surface area contributed by atoms with Crippen molar-refractivity contribution < 1.29 is 113 Å². The molecule has 0 spiro atoms. The standard InChI is InChI=1S/C27H31N3O5.C25H28N2O6.C21H21NO4.2CH3.2W/c1-17(31)30-11-9-19(10-12-30)29(2)13-14-34-21-5-7-22-18(15-21)3-8-25-26(22)27(28-35-25)23-6-4-20(32)16-24(23)33;1-25(2,3)32-24(30)27(4)11-12-31-17-7-9-18-15(13-17)5-10-21-22(18)23(26-33-21)19-8-6-16(28)14-20(19)29;1-2-3-10-25-15-6-8-16-13(11-15)4-9-19-20(16)21(22-26-19)17-7-5-14(23)12-18(17)24;;;;/h3,5,7-8,15,19,23H,4,6,9-14,16H2,1-2H3;5,7,9-10,13,19H,6,8,11-12,14H2,1-4H3;4,6,8-9,11,17H,2-3,5,7,10,12H2,1H3;2*1H3;;/q;;;2*-1;;. The maximum absolute atomic E-state index is 12.5. The number of carbonyl (C=O) groups excluding carboxylic acids is 8. The first-order valence-corrected chi connectivity index (χ1v) is 32.6. The SMILES string of the molecule is CC(=O)N1CCC(N(C)CCOc2ccc3c(ccc4onc(C5CCC(=O)CC5=O)c43)c2)CC1.CCCCOc1ccc2c(ccc3onc(C4CCC(=O)CC4=O)c32)c1.CN(CCOc1ccc2c(ccc3onc(C4CCC(=O)CC4=O)c32)c1)C(=O)OC(C)(C)C.[CH3-].[CH3-].[W].[W]. The molecule has 2 amide bonds. The van der Waals surface area contributed by atoms with Gasteiger partial charge in [0.1, 0.15) is 87.8 Å². The van der Waals surface area contributed by atoms with Crippen LogP contribution in [-0.4, -0.2) is 149 Å². The maximum atomic E-state index is 12.5. The van der Waals surface area contributed by atoms with E-state index in [1.54, 1.807) is 14.0 Å². The van der Waals surface area contributed by atoms with Gasteiger partial charge in [-0.15, -0.1) is 0 Å². The van der Waals surface area contributed by atoms with Gasteiger partial charge in [0.15, 0.2) is 16.7 Å². The Bertz CT molecular complexity index is 4370. The van der Waals surface area contributed by atoms with Gasteiger partial charge in [0.2, 0.25) is 5.91 Å². The predicted octanol–water partition coefficient (Wildman–Crippen LogP) is 13.8.